The van der Waals surface area contributed by atoms with Crippen LogP contribution in [0.25, 0.3) is 16.3 Å². The van der Waals surface area contributed by atoms with E-state index in [1.165, 1.54) is 16.2 Å². The van der Waals surface area contributed by atoms with Crippen LogP contribution in [0.1, 0.15) is 24.3 Å². The quantitative estimate of drug-likeness (QED) is 0.389. The number of hydrogen-bond acceptors (Lipinski definition) is 8. The van der Waals surface area contributed by atoms with Crippen molar-refractivity contribution in [2.24, 2.45) is 5.92 Å². The van der Waals surface area contributed by atoms with Crippen LogP contribution in [0.2, 0.25) is 0 Å². The van der Waals surface area contributed by atoms with Gasteiger partial charge in [0.15, 0.2) is 16.5 Å². The SMILES string of the molecule is COc1ccc2cc1OCCN(C(=O)c1cn3ccsc3n1)CC(=O)N[C@H](C(C)C)C(=O)NCCn1ccnc1-2. The molecule has 13 heteroatoms. The van der Waals surface area contributed by atoms with Crippen LogP contribution in [0.15, 0.2) is 48.4 Å². The predicted molar refractivity (Wildman–Crippen MR) is 148 cm³/mol. The maximum atomic E-state index is 13.5. The second kappa shape index (κ2) is 11.8. The molecule has 1 aliphatic rings. The second-order valence-corrected chi connectivity index (χ2v) is 10.6. The Kier molecular flexibility index (Phi) is 8.01. The third-order valence-electron chi connectivity index (χ3n) is 6.61. The number of nitrogens with zero attached hydrogens (tertiary/aromatic N) is 5. The molecule has 4 aromatic rings. The molecule has 0 spiro atoms. The third kappa shape index (κ3) is 5.78. The van der Waals surface area contributed by atoms with Gasteiger partial charge in [-0.25, -0.2) is 9.97 Å². The molecule has 0 fully saturated rings. The minimum absolute atomic E-state index is 0.0869. The number of thiazole rings is 1. The molecule has 3 amide bonds. The highest BCUT2D eigenvalue weighted by Gasteiger charge is 2.27. The van der Waals surface area contributed by atoms with Gasteiger partial charge < -0.3 is 29.6 Å². The van der Waals surface area contributed by atoms with Gasteiger partial charge in [-0.1, -0.05) is 13.8 Å². The number of nitrogens with one attached hydrogen (secondary N) is 2. The van der Waals surface area contributed by atoms with Crippen molar-refractivity contribution >= 4 is 34.0 Å². The number of methoxy groups -OCH3 is 1. The van der Waals surface area contributed by atoms with Gasteiger partial charge in [0.05, 0.1) is 13.7 Å². The molecule has 5 rings (SSSR count). The summed E-state index contributed by atoms with van der Waals surface area (Å²) in [4.78, 5) is 50.6. The molecule has 1 atom stereocenters. The summed E-state index contributed by atoms with van der Waals surface area (Å²) in [7, 11) is 1.55. The summed E-state index contributed by atoms with van der Waals surface area (Å²) in [5, 5.41) is 7.60. The number of imidazole rings is 2. The zero-order valence-corrected chi connectivity index (χ0v) is 23.3. The molecule has 1 aliphatic heterocycles. The van der Waals surface area contributed by atoms with Crippen molar-refractivity contribution in [2.45, 2.75) is 26.4 Å². The highest BCUT2D eigenvalue weighted by Crippen LogP contribution is 2.32. The summed E-state index contributed by atoms with van der Waals surface area (Å²) in [6.45, 7) is 4.44. The highest BCUT2D eigenvalue weighted by molar-refractivity contribution is 7.15. The Hall–Kier alpha value is -4.39. The molecule has 1 aromatic carbocycles. The van der Waals surface area contributed by atoms with Crippen molar-refractivity contribution in [1.82, 2.24) is 34.5 Å². The Morgan fingerprint density at radius 1 is 1.23 bits per heavy atom. The molecule has 0 radical (unpaired) electrons. The van der Waals surface area contributed by atoms with Gasteiger partial charge in [0.25, 0.3) is 5.91 Å². The number of fused-ring (bicyclic) bond motifs is 5. The van der Waals surface area contributed by atoms with Gasteiger partial charge in [-0.05, 0) is 24.1 Å². The van der Waals surface area contributed by atoms with E-state index in [1.54, 1.807) is 30.0 Å². The van der Waals surface area contributed by atoms with Gasteiger partial charge in [-0.15, -0.1) is 11.3 Å². The van der Waals surface area contributed by atoms with E-state index in [9.17, 15) is 14.4 Å². The Balaban J connectivity index is 1.46. The number of aromatic nitrogens is 4. The van der Waals surface area contributed by atoms with E-state index in [-0.39, 0.29) is 37.2 Å². The molecule has 3 aromatic heterocycles. The maximum absolute atomic E-state index is 13.5. The van der Waals surface area contributed by atoms with Gasteiger partial charge in [0.1, 0.15) is 30.7 Å². The number of hydrogen-bond donors (Lipinski definition) is 2. The van der Waals surface area contributed by atoms with Gasteiger partial charge >= 0.3 is 0 Å². The Morgan fingerprint density at radius 2 is 2.08 bits per heavy atom. The average molecular weight is 566 g/mol. The number of amides is 3. The standard InChI is InChI=1S/C27H31N7O5S/c1-17(2)23-25(36)29-7-9-32-8-6-28-24(32)18-4-5-20(38-3)21(14-18)39-12-10-33(16-22(35)31-23)26(37)19-15-34-11-13-40-27(34)30-19/h4-6,8,11,13-15,17,23H,7,9-10,12,16H2,1-3H3,(H,29,36)(H,31,35)/t23-/m1/s1. The van der Waals surface area contributed by atoms with E-state index >= 15 is 0 Å². The fraction of sp³-hybridized carbons (Fsp3) is 0.370. The predicted octanol–water partition coefficient (Wildman–Crippen LogP) is 2.06. The topological polar surface area (TPSA) is 132 Å². The number of ether oxygens (including phenoxy) is 2. The van der Waals surface area contributed by atoms with Crippen molar-refractivity contribution in [3.05, 3.63) is 54.1 Å². The van der Waals surface area contributed by atoms with Crippen molar-refractivity contribution < 1.29 is 23.9 Å². The van der Waals surface area contributed by atoms with Gasteiger partial charge in [-0.3, -0.25) is 18.8 Å². The van der Waals surface area contributed by atoms with Gasteiger partial charge in [0, 0.05) is 48.8 Å². The molecule has 2 bridgehead atoms. The summed E-state index contributed by atoms with van der Waals surface area (Å²) in [5.74, 6) is 0.372. The Bertz CT molecular complexity index is 1500. The molecular formula is C27H31N7O5S. The van der Waals surface area contributed by atoms with Crippen LogP contribution in [-0.4, -0.2) is 80.9 Å². The molecule has 12 nitrogen and oxygen atoms in total. The zero-order valence-electron chi connectivity index (χ0n) is 22.5. The molecule has 40 heavy (non-hydrogen) atoms. The van der Waals surface area contributed by atoms with Crippen LogP contribution in [0.4, 0.5) is 0 Å². The first-order valence-electron chi connectivity index (χ1n) is 12.9. The number of benzene rings is 1. The normalized spacial score (nSPS) is 17.1. The molecule has 0 aliphatic carbocycles. The van der Waals surface area contributed by atoms with Crippen LogP contribution in [0.3, 0.4) is 0 Å². The number of carbonyl (C=O) groups excluding carboxylic acids is 3. The first-order chi connectivity index (χ1) is 19.3. The second-order valence-electron chi connectivity index (χ2n) is 9.68. The summed E-state index contributed by atoms with van der Waals surface area (Å²) >= 11 is 1.41. The number of carbonyl (C=O) groups is 3. The summed E-state index contributed by atoms with van der Waals surface area (Å²) in [6, 6.07) is 4.73. The van der Waals surface area contributed by atoms with E-state index in [4.69, 9.17) is 9.47 Å². The Morgan fingerprint density at radius 3 is 2.85 bits per heavy atom. The van der Waals surface area contributed by atoms with Crippen molar-refractivity contribution in [2.75, 3.05) is 33.4 Å². The van der Waals surface area contributed by atoms with Crippen LogP contribution in [0.5, 0.6) is 11.5 Å². The molecule has 210 valence electrons. The van der Waals surface area contributed by atoms with Crippen LogP contribution in [-0.2, 0) is 16.1 Å². The van der Waals surface area contributed by atoms with E-state index in [0.29, 0.717) is 35.4 Å². The molecule has 0 saturated heterocycles. The lowest BCUT2D eigenvalue weighted by Crippen LogP contribution is -2.53. The lowest BCUT2D eigenvalue weighted by atomic mass is 10.0. The van der Waals surface area contributed by atoms with Gasteiger partial charge in [0.2, 0.25) is 11.8 Å². The maximum Gasteiger partial charge on any atom is 0.274 e. The van der Waals surface area contributed by atoms with Crippen LogP contribution < -0.4 is 20.1 Å². The van der Waals surface area contributed by atoms with Crippen molar-refractivity contribution in [1.29, 1.82) is 0 Å². The monoisotopic (exact) mass is 565 g/mol. The van der Waals surface area contributed by atoms with E-state index in [1.807, 2.05) is 48.3 Å². The molecular weight excluding hydrogens is 534 g/mol. The van der Waals surface area contributed by atoms with E-state index in [2.05, 4.69) is 20.6 Å². The number of rotatable bonds is 3. The summed E-state index contributed by atoms with van der Waals surface area (Å²) in [5.41, 5.74) is 1.02. The summed E-state index contributed by atoms with van der Waals surface area (Å²) in [6.07, 6.45) is 6.98. The van der Waals surface area contributed by atoms with Gasteiger partial charge in [-0.2, -0.15) is 0 Å². The fourth-order valence-corrected chi connectivity index (χ4v) is 5.23. The fourth-order valence-electron chi connectivity index (χ4n) is 4.53. The van der Waals surface area contributed by atoms with Crippen molar-refractivity contribution in [3.8, 4) is 22.9 Å². The average Bonchev–Trinajstić information content (AvgIpc) is 3.67. The third-order valence-corrected chi connectivity index (χ3v) is 7.38. The van der Waals surface area contributed by atoms with Crippen LogP contribution in [0, 0.1) is 5.92 Å². The molecule has 2 N–H and O–H groups in total. The molecule has 4 heterocycles. The minimum atomic E-state index is -0.768. The highest BCUT2D eigenvalue weighted by atomic mass is 32.1. The molecule has 0 unspecified atom stereocenters. The summed E-state index contributed by atoms with van der Waals surface area (Å²) < 4.78 is 15.3. The Labute approximate surface area is 234 Å². The lowest BCUT2D eigenvalue weighted by Gasteiger charge is -2.25. The largest absolute Gasteiger partial charge is 0.493 e. The minimum Gasteiger partial charge on any atom is -0.493 e. The van der Waals surface area contributed by atoms with Crippen molar-refractivity contribution in [3.63, 3.8) is 0 Å². The van der Waals surface area contributed by atoms with E-state index in [0.717, 1.165) is 5.56 Å². The van der Waals surface area contributed by atoms with Crippen LogP contribution >= 0.6 is 11.3 Å². The molecule has 0 saturated carbocycles. The zero-order chi connectivity index (χ0) is 28.2. The first-order valence-corrected chi connectivity index (χ1v) is 13.8. The smallest absolute Gasteiger partial charge is 0.274 e. The first kappa shape index (κ1) is 27.2. The van der Waals surface area contributed by atoms with E-state index < -0.39 is 17.9 Å². The lowest BCUT2D eigenvalue weighted by molar-refractivity contribution is -0.130.